The normalized spacial score (nSPS) is 22.6. The molecule has 1 aromatic carbocycles. The Labute approximate surface area is 130 Å². The maximum Gasteiger partial charge on any atom is 0.118 e. The molecule has 1 unspecified atom stereocenters. The number of nitrogens with one attached hydrogen (secondary N) is 1. The minimum absolute atomic E-state index is 0.352. The minimum atomic E-state index is 0.352. The van der Waals surface area contributed by atoms with Gasteiger partial charge in [0.25, 0.3) is 0 Å². The first-order valence-corrected chi connectivity index (χ1v) is 8.29. The molecule has 1 atom stereocenters. The molecule has 21 heavy (non-hydrogen) atoms. The van der Waals surface area contributed by atoms with Crippen LogP contribution < -0.4 is 10.1 Å². The maximum absolute atomic E-state index is 5.21. The van der Waals surface area contributed by atoms with Crippen LogP contribution in [0.15, 0.2) is 30.5 Å². The van der Waals surface area contributed by atoms with Crippen LogP contribution in [0.5, 0.6) is 5.75 Å². The summed E-state index contributed by atoms with van der Waals surface area (Å²) in [6, 6.07) is 9.44. The van der Waals surface area contributed by atoms with E-state index in [-0.39, 0.29) is 0 Å². The van der Waals surface area contributed by atoms with Gasteiger partial charge in [-0.05, 0) is 50.3 Å². The second kappa shape index (κ2) is 6.16. The Kier molecular flexibility index (Phi) is 4.27. The van der Waals surface area contributed by atoms with Crippen LogP contribution in [-0.4, -0.2) is 18.1 Å². The Balaban J connectivity index is 1.51. The molecule has 0 amide bonds. The maximum atomic E-state index is 5.21. The second-order valence-corrected chi connectivity index (χ2v) is 7.10. The van der Waals surface area contributed by atoms with Crippen molar-refractivity contribution in [3.63, 3.8) is 0 Å². The standard InChI is InChI=1S/C17H22N2OS/c1-11-10-18-17(21-11)12(2)19-15-8-14(9-15)13-4-6-16(20-3)7-5-13/h4-7,10,12,14-15,19H,8-9H2,1-3H3. The number of ether oxygens (including phenoxy) is 1. The average molecular weight is 302 g/mol. The van der Waals surface area contributed by atoms with E-state index in [4.69, 9.17) is 4.74 Å². The SMILES string of the molecule is COc1ccc(C2CC(NC(C)c3ncc(C)s3)C2)cc1. The molecule has 0 bridgehead atoms. The molecule has 0 saturated heterocycles. The Morgan fingerprint density at radius 3 is 2.57 bits per heavy atom. The molecule has 1 N–H and O–H groups in total. The summed E-state index contributed by atoms with van der Waals surface area (Å²) < 4.78 is 5.21. The number of hydrogen-bond donors (Lipinski definition) is 1. The molecule has 1 aliphatic rings. The summed E-state index contributed by atoms with van der Waals surface area (Å²) in [7, 11) is 1.71. The molecule has 4 heteroatoms. The lowest BCUT2D eigenvalue weighted by atomic mass is 9.75. The van der Waals surface area contributed by atoms with E-state index in [2.05, 4.69) is 48.4 Å². The van der Waals surface area contributed by atoms with Crippen LogP contribution in [0, 0.1) is 6.92 Å². The highest BCUT2D eigenvalue weighted by Gasteiger charge is 2.31. The van der Waals surface area contributed by atoms with E-state index >= 15 is 0 Å². The van der Waals surface area contributed by atoms with Gasteiger partial charge in [-0.3, -0.25) is 0 Å². The van der Waals surface area contributed by atoms with Crippen molar-refractivity contribution in [2.75, 3.05) is 7.11 Å². The number of rotatable bonds is 5. The number of aromatic nitrogens is 1. The summed E-state index contributed by atoms with van der Waals surface area (Å²) in [4.78, 5) is 5.75. The first-order valence-electron chi connectivity index (χ1n) is 7.48. The van der Waals surface area contributed by atoms with Crippen LogP contribution in [0.1, 0.15) is 47.2 Å². The van der Waals surface area contributed by atoms with Gasteiger partial charge in [-0.2, -0.15) is 0 Å². The van der Waals surface area contributed by atoms with E-state index < -0.39 is 0 Å². The summed E-state index contributed by atoms with van der Waals surface area (Å²) in [6.07, 6.45) is 4.38. The van der Waals surface area contributed by atoms with Gasteiger partial charge in [-0.25, -0.2) is 4.98 Å². The monoisotopic (exact) mass is 302 g/mol. The zero-order chi connectivity index (χ0) is 14.8. The summed E-state index contributed by atoms with van der Waals surface area (Å²) in [6.45, 7) is 4.32. The van der Waals surface area contributed by atoms with Crippen molar-refractivity contribution < 1.29 is 4.74 Å². The van der Waals surface area contributed by atoms with Gasteiger partial charge in [-0.15, -0.1) is 11.3 Å². The van der Waals surface area contributed by atoms with Crippen molar-refractivity contribution in [2.24, 2.45) is 0 Å². The first kappa shape index (κ1) is 14.5. The van der Waals surface area contributed by atoms with E-state index in [0.717, 1.165) is 5.75 Å². The van der Waals surface area contributed by atoms with Gasteiger partial charge < -0.3 is 10.1 Å². The molecule has 2 aromatic rings. The lowest BCUT2D eigenvalue weighted by Gasteiger charge is -2.38. The van der Waals surface area contributed by atoms with Crippen molar-refractivity contribution >= 4 is 11.3 Å². The van der Waals surface area contributed by atoms with Gasteiger partial charge in [0.2, 0.25) is 0 Å². The lowest BCUT2D eigenvalue weighted by Crippen LogP contribution is -2.41. The molecular weight excluding hydrogens is 280 g/mol. The Hall–Kier alpha value is -1.39. The smallest absolute Gasteiger partial charge is 0.118 e. The minimum Gasteiger partial charge on any atom is -0.497 e. The summed E-state index contributed by atoms with van der Waals surface area (Å²) in [5.74, 6) is 1.61. The third-order valence-electron chi connectivity index (χ3n) is 4.22. The fourth-order valence-corrected chi connectivity index (χ4v) is 3.68. The first-order chi connectivity index (χ1) is 10.2. The highest BCUT2D eigenvalue weighted by Crippen LogP contribution is 2.38. The Morgan fingerprint density at radius 2 is 2.00 bits per heavy atom. The number of benzene rings is 1. The van der Waals surface area contributed by atoms with Gasteiger partial charge in [0.15, 0.2) is 0 Å². The molecule has 1 aromatic heterocycles. The summed E-state index contributed by atoms with van der Waals surface area (Å²) >= 11 is 1.79. The van der Waals surface area contributed by atoms with Crippen LogP contribution in [0.3, 0.4) is 0 Å². The summed E-state index contributed by atoms with van der Waals surface area (Å²) in [5.41, 5.74) is 1.42. The van der Waals surface area contributed by atoms with Crippen LogP contribution in [0.25, 0.3) is 0 Å². The van der Waals surface area contributed by atoms with Crippen molar-refractivity contribution in [1.82, 2.24) is 10.3 Å². The zero-order valence-corrected chi connectivity index (χ0v) is 13.6. The molecule has 3 rings (SSSR count). The van der Waals surface area contributed by atoms with Gasteiger partial charge >= 0.3 is 0 Å². The molecule has 1 fully saturated rings. The van der Waals surface area contributed by atoms with Crippen LogP contribution in [-0.2, 0) is 0 Å². The predicted molar refractivity (Wildman–Crippen MR) is 87.2 cm³/mol. The van der Waals surface area contributed by atoms with E-state index in [1.54, 1.807) is 18.4 Å². The number of thiazole rings is 1. The van der Waals surface area contributed by atoms with Gasteiger partial charge in [0, 0.05) is 17.1 Å². The largest absolute Gasteiger partial charge is 0.497 e. The fourth-order valence-electron chi connectivity index (χ4n) is 2.90. The Bertz CT molecular complexity index is 587. The van der Waals surface area contributed by atoms with E-state index in [9.17, 15) is 0 Å². The molecule has 1 heterocycles. The Morgan fingerprint density at radius 1 is 1.29 bits per heavy atom. The van der Waals surface area contributed by atoms with Crippen molar-refractivity contribution in [3.8, 4) is 5.75 Å². The highest BCUT2D eigenvalue weighted by molar-refractivity contribution is 7.11. The molecule has 0 aliphatic heterocycles. The third kappa shape index (κ3) is 3.27. The van der Waals surface area contributed by atoms with Crippen LogP contribution >= 0.6 is 11.3 Å². The molecular formula is C17H22N2OS. The van der Waals surface area contributed by atoms with Gasteiger partial charge in [-0.1, -0.05) is 12.1 Å². The van der Waals surface area contributed by atoms with Crippen molar-refractivity contribution in [2.45, 2.75) is 44.7 Å². The molecule has 1 saturated carbocycles. The third-order valence-corrected chi connectivity index (χ3v) is 5.32. The molecule has 3 nitrogen and oxygen atoms in total. The number of aryl methyl sites for hydroxylation is 1. The van der Waals surface area contributed by atoms with Crippen LogP contribution in [0.4, 0.5) is 0 Å². The lowest BCUT2D eigenvalue weighted by molar-refractivity contribution is 0.270. The predicted octanol–water partition coefficient (Wildman–Crippen LogP) is 4.06. The number of nitrogens with zero attached hydrogens (tertiary/aromatic N) is 1. The molecule has 0 radical (unpaired) electrons. The molecule has 1 aliphatic carbocycles. The molecule has 0 spiro atoms. The molecule has 112 valence electrons. The highest BCUT2D eigenvalue weighted by atomic mass is 32.1. The summed E-state index contributed by atoms with van der Waals surface area (Å²) in [5, 5.41) is 4.89. The van der Waals surface area contributed by atoms with Crippen molar-refractivity contribution in [1.29, 1.82) is 0 Å². The van der Waals surface area contributed by atoms with Gasteiger partial charge in [0.1, 0.15) is 10.8 Å². The average Bonchev–Trinajstić information content (AvgIpc) is 2.89. The van der Waals surface area contributed by atoms with Crippen molar-refractivity contribution in [3.05, 3.63) is 45.9 Å². The van der Waals surface area contributed by atoms with Gasteiger partial charge in [0.05, 0.1) is 13.2 Å². The quantitative estimate of drug-likeness (QED) is 0.904. The van der Waals surface area contributed by atoms with E-state index in [1.807, 2.05) is 6.20 Å². The van der Waals surface area contributed by atoms with E-state index in [1.165, 1.54) is 28.3 Å². The zero-order valence-electron chi connectivity index (χ0n) is 12.8. The van der Waals surface area contributed by atoms with Crippen LogP contribution in [0.2, 0.25) is 0 Å². The number of hydrogen-bond acceptors (Lipinski definition) is 4. The van der Waals surface area contributed by atoms with E-state index in [0.29, 0.717) is 18.0 Å². The second-order valence-electron chi connectivity index (χ2n) is 5.84. The topological polar surface area (TPSA) is 34.1 Å². The fraction of sp³-hybridized carbons (Fsp3) is 0.471. The number of methoxy groups -OCH3 is 1.